The third-order valence-electron chi connectivity index (χ3n) is 5.00. The Morgan fingerprint density at radius 1 is 0.760 bits per heavy atom. The molecule has 0 amide bonds. The van der Waals surface area contributed by atoms with E-state index in [2.05, 4.69) is 17.4 Å². The maximum atomic E-state index is 12.7. The lowest BCUT2D eigenvalue weighted by Gasteiger charge is -2.31. The first-order chi connectivity index (χ1) is 12.3. The van der Waals surface area contributed by atoms with Crippen LogP contribution < -0.4 is 16.2 Å². The quantitative estimate of drug-likeness (QED) is 0.725. The van der Waals surface area contributed by atoms with Gasteiger partial charge in [-0.05, 0) is 5.56 Å². The van der Waals surface area contributed by atoms with Crippen molar-refractivity contribution in [2.75, 3.05) is 0 Å². The zero-order chi connectivity index (χ0) is 17.1. The van der Waals surface area contributed by atoms with Crippen molar-refractivity contribution in [3.05, 3.63) is 96.6 Å². The number of nitrogens with two attached hydrogens (primary N) is 1. The first kappa shape index (κ1) is 15.7. The number of carbonyl (C=O) groups is 1. The van der Waals surface area contributed by atoms with E-state index in [0.717, 1.165) is 16.5 Å². The van der Waals surface area contributed by atoms with Crippen molar-refractivity contribution in [2.45, 2.75) is 12.5 Å². The molecule has 4 heteroatoms. The maximum absolute atomic E-state index is 12.7. The second-order valence-corrected chi connectivity index (χ2v) is 6.60. The number of benzene rings is 3. The molecule has 124 valence electrons. The Morgan fingerprint density at radius 2 is 1.24 bits per heavy atom. The summed E-state index contributed by atoms with van der Waals surface area (Å²) in [6, 6.07) is 30.0. The van der Waals surface area contributed by atoms with Gasteiger partial charge in [0.15, 0.2) is 0 Å². The zero-order valence-corrected chi connectivity index (χ0v) is 13.9. The van der Waals surface area contributed by atoms with E-state index < -0.39 is 6.48 Å². The highest BCUT2D eigenvalue weighted by molar-refractivity contribution is 6.92. The van der Waals surface area contributed by atoms with Crippen LogP contribution in [-0.4, -0.2) is 18.5 Å². The molecule has 2 N–H and O–H groups in total. The Hall–Kier alpha value is -2.85. The molecule has 1 unspecified atom stereocenters. The molecule has 1 fully saturated rings. The molecule has 3 aromatic rings. The van der Waals surface area contributed by atoms with E-state index in [1.165, 1.54) is 0 Å². The summed E-state index contributed by atoms with van der Waals surface area (Å²) in [6.07, 6.45) is 0.669. The molecule has 0 bridgehead atoms. The lowest BCUT2D eigenvalue weighted by Crippen LogP contribution is -3.08. The summed E-state index contributed by atoms with van der Waals surface area (Å²) < 4.78 is 6.07. The van der Waals surface area contributed by atoms with Crippen molar-refractivity contribution in [2.24, 2.45) is 0 Å². The van der Waals surface area contributed by atoms with Crippen LogP contribution in [-0.2, 0) is 15.9 Å². The molecule has 1 aliphatic rings. The third kappa shape index (κ3) is 2.97. The van der Waals surface area contributed by atoms with E-state index in [1.807, 2.05) is 78.9 Å². The van der Waals surface area contributed by atoms with Crippen molar-refractivity contribution in [1.82, 2.24) is 0 Å². The van der Waals surface area contributed by atoms with Crippen LogP contribution in [0.1, 0.15) is 5.56 Å². The summed E-state index contributed by atoms with van der Waals surface area (Å²) in [4.78, 5) is 12.7. The fraction of sp³-hybridized carbons (Fsp3) is 0.0952. The predicted molar refractivity (Wildman–Crippen MR) is 99.9 cm³/mol. The van der Waals surface area contributed by atoms with Crippen LogP contribution in [0, 0.1) is 0 Å². The molecule has 25 heavy (non-hydrogen) atoms. The van der Waals surface area contributed by atoms with Gasteiger partial charge in [-0.3, -0.25) is 0 Å². The Balaban J connectivity index is 1.72. The normalized spacial score (nSPS) is 18.7. The summed E-state index contributed by atoms with van der Waals surface area (Å²) in [5, 5.41) is 2.12. The van der Waals surface area contributed by atoms with Crippen molar-refractivity contribution in [3.8, 4) is 0 Å². The van der Waals surface area contributed by atoms with Crippen LogP contribution in [0.25, 0.3) is 0 Å². The van der Waals surface area contributed by atoms with Crippen LogP contribution in [0.5, 0.6) is 0 Å². The Kier molecular flexibility index (Phi) is 4.12. The summed E-state index contributed by atoms with van der Waals surface area (Å²) in [5.74, 6) is -0.142. The number of hydrogen-bond donors (Lipinski definition) is 1. The van der Waals surface area contributed by atoms with Gasteiger partial charge >= 0.3 is 12.5 Å². The summed E-state index contributed by atoms with van der Waals surface area (Å²) in [5.41, 5.74) is 3.23. The van der Waals surface area contributed by atoms with Gasteiger partial charge in [0, 0.05) is 6.42 Å². The number of quaternary nitrogens is 1. The third-order valence-corrected chi connectivity index (χ3v) is 5.00. The van der Waals surface area contributed by atoms with Gasteiger partial charge in [-0.25, -0.2) is 4.79 Å². The lowest BCUT2D eigenvalue weighted by atomic mass is 9.42. The highest BCUT2D eigenvalue weighted by Gasteiger charge is 2.49. The molecule has 1 atom stereocenters. The topological polar surface area (TPSA) is 42.9 Å². The molecule has 3 nitrogen and oxygen atoms in total. The molecule has 4 rings (SSSR count). The molecule has 0 radical (unpaired) electrons. The van der Waals surface area contributed by atoms with Crippen LogP contribution >= 0.6 is 0 Å². The molecule has 0 aromatic heterocycles. The van der Waals surface area contributed by atoms with E-state index in [0.29, 0.717) is 6.42 Å². The monoisotopic (exact) mass is 329 g/mol. The van der Waals surface area contributed by atoms with E-state index >= 15 is 0 Å². The van der Waals surface area contributed by atoms with Crippen LogP contribution in [0.2, 0.25) is 0 Å². The van der Waals surface area contributed by atoms with Gasteiger partial charge in [0.25, 0.3) is 0 Å². The van der Waals surface area contributed by atoms with Crippen molar-refractivity contribution >= 4 is 23.4 Å². The summed E-state index contributed by atoms with van der Waals surface area (Å²) in [6.45, 7) is -1.64. The van der Waals surface area contributed by atoms with E-state index in [1.54, 1.807) is 0 Å². The fourth-order valence-electron chi connectivity index (χ4n) is 3.76. The van der Waals surface area contributed by atoms with Crippen LogP contribution in [0.15, 0.2) is 91.0 Å². The second-order valence-electron chi connectivity index (χ2n) is 6.60. The lowest BCUT2D eigenvalue weighted by molar-refractivity contribution is -0.548. The highest BCUT2D eigenvalue weighted by Crippen LogP contribution is 2.11. The Bertz CT molecular complexity index is 813. The van der Waals surface area contributed by atoms with Crippen molar-refractivity contribution < 1.29 is 14.7 Å². The number of rotatable bonds is 4. The van der Waals surface area contributed by atoms with Gasteiger partial charge in [-0.1, -0.05) is 102 Å². The van der Waals surface area contributed by atoms with Gasteiger partial charge in [0.1, 0.15) is 6.04 Å². The fourth-order valence-corrected chi connectivity index (χ4v) is 3.76. The minimum atomic E-state index is -1.64. The number of hydrogen-bond acceptors (Lipinski definition) is 2. The Labute approximate surface area is 147 Å². The van der Waals surface area contributed by atoms with Crippen LogP contribution in [0.4, 0.5) is 0 Å². The smallest absolute Gasteiger partial charge is 0.441 e. The van der Waals surface area contributed by atoms with Gasteiger partial charge < -0.3 is 9.88 Å². The van der Waals surface area contributed by atoms with Crippen LogP contribution in [0.3, 0.4) is 0 Å². The SMILES string of the molecule is O=C1O[B-](c2ccccc2)(c2ccccc2)[NH2+]C1Cc1ccccc1. The van der Waals surface area contributed by atoms with E-state index in [4.69, 9.17) is 4.65 Å². The second kappa shape index (κ2) is 6.57. The minimum absolute atomic E-state index is 0.142. The molecular weight excluding hydrogens is 309 g/mol. The Morgan fingerprint density at radius 3 is 1.76 bits per heavy atom. The standard InChI is InChI=1S/C21H20BNO2/c24-21-20(16-17-10-4-1-5-11-17)23-22(25-21,18-12-6-2-7-13-18)19-14-8-3-9-15-19/h1-15,20H,16,23H2. The van der Waals surface area contributed by atoms with Gasteiger partial charge in [-0.15, -0.1) is 0 Å². The molecule has 3 aromatic carbocycles. The first-order valence-corrected chi connectivity index (χ1v) is 8.67. The molecule has 0 saturated carbocycles. The van der Waals surface area contributed by atoms with Gasteiger partial charge in [0.05, 0.1) is 0 Å². The first-order valence-electron chi connectivity index (χ1n) is 8.67. The summed E-state index contributed by atoms with van der Waals surface area (Å²) in [7, 11) is 0. The molecule has 0 spiro atoms. The highest BCUT2D eigenvalue weighted by atomic mass is 16.5. The average molecular weight is 329 g/mol. The summed E-state index contributed by atoms with van der Waals surface area (Å²) >= 11 is 0. The van der Waals surface area contributed by atoms with E-state index in [9.17, 15) is 4.79 Å². The minimum Gasteiger partial charge on any atom is -0.628 e. The van der Waals surface area contributed by atoms with Crippen molar-refractivity contribution in [1.29, 1.82) is 0 Å². The van der Waals surface area contributed by atoms with Gasteiger partial charge in [0.2, 0.25) is 0 Å². The average Bonchev–Trinajstić information content (AvgIpc) is 3.01. The largest absolute Gasteiger partial charge is 0.628 e. The van der Waals surface area contributed by atoms with E-state index in [-0.39, 0.29) is 12.0 Å². The molecule has 1 aliphatic heterocycles. The number of carbonyl (C=O) groups excluding carboxylic acids is 1. The molecule has 1 heterocycles. The predicted octanol–water partition coefficient (Wildman–Crippen LogP) is 0.974. The van der Waals surface area contributed by atoms with Crippen molar-refractivity contribution in [3.63, 3.8) is 0 Å². The molecule has 1 saturated heterocycles. The zero-order valence-electron chi connectivity index (χ0n) is 13.9. The molecular formula is C21H20BNO2. The molecule has 0 aliphatic carbocycles. The van der Waals surface area contributed by atoms with Gasteiger partial charge in [-0.2, -0.15) is 0 Å². The maximum Gasteiger partial charge on any atom is 0.441 e.